The number of benzene rings is 2. The number of para-hydroxylation sites is 1. The van der Waals surface area contributed by atoms with Gasteiger partial charge >= 0.3 is 0 Å². The standard InChI is InChI=1S/C26H32N6O4S/c1-5-16-8-6-7-9-19(16)32(26(35)23-20(27)21(24(28)33)30-37-23)22(25(34)29-14-15-36-4)17-10-12-18(13-11-17)31(2)3/h6-13,22H,5,14-15,27H2,1-4H3,(H2,28,33)(H,29,34)/t22-/m1/s1. The lowest BCUT2D eigenvalue weighted by Gasteiger charge is -2.33. The Kier molecular flexibility index (Phi) is 9.20. The molecule has 0 aliphatic carbocycles. The molecule has 0 unspecified atom stereocenters. The van der Waals surface area contributed by atoms with Crippen molar-refractivity contribution in [1.29, 1.82) is 0 Å². The van der Waals surface area contributed by atoms with E-state index in [2.05, 4.69) is 9.69 Å². The number of amides is 3. The smallest absolute Gasteiger partial charge is 0.273 e. The van der Waals surface area contributed by atoms with Crippen molar-refractivity contribution in [2.45, 2.75) is 19.4 Å². The van der Waals surface area contributed by atoms with Crippen LogP contribution in [0.5, 0.6) is 0 Å². The highest BCUT2D eigenvalue weighted by Gasteiger charge is 2.36. The Hall–Kier alpha value is -3.96. The maximum Gasteiger partial charge on any atom is 0.273 e. The molecule has 3 rings (SSSR count). The molecule has 196 valence electrons. The first-order valence-corrected chi connectivity index (χ1v) is 12.5. The lowest BCUT2D eigenvalue weighted by atomic mass is 10.00. The fourth-order valence-electron chi connectivity index (χ4n) is 3.89. The second-order valence-corrected chi connectivity index (χ2v) is 9.24. The van der Waals surface area contributed by atoms with E-state index < -0.39 is 23.8 Å². The Labute approximate surface area is 220 Å². The van der Waals surface area contributed by atoms with E-state index in [1.54, 1.807) is 19.2 Å². The summed E-state index contributed by atoms with van der Waals surface area (Å²) >= 11 is 0.776. The zero-order chi connectivity index (χ0) is 27.1. The number of hydrogen-bond donors (Lipinski definition) is 3. The fourth-order valence-corrected chi connectivity index (χ4v) is 4.64. The molecule has 0 aliphatic rings. The van der Waals surface area contributed by atoms with Gasteiger partial charge in [0.25, 0.3) is 11.8 Å². The first kappa shape index (κ1) is 27.6. The van der Waals surface area contributed by atoms with Crippen LogP contribution in [0.3, 0.4) is 0 Å². The lowest BCUT2D eigenvalue weighted by Crippen LogP contribution is -2.45. The Balaban J connectivity index is 2.22. The van der Waals surface area contributed by atoms with Crippen LogP contribution in [0, 0.1) is 0 Å². The second-order valence-electron chi connectivity index (χ2n) is 8.47. The number of nitrogens with zero attached hydrogens (tertiary/aromatic N) is 3. The Morgan fingerprint density at radius 3 is 2.35 bits per heavy atom. The number of primary amides is 1. The summed E-state index contributed by atoms with van der Waals surface area (Å²) in [5.74, 6) is -1.79. The van der Waals surface area contributed by atoms with E-state index in [1.807, 2.05) is 62.3 Å². The van der Waals surface area contributed by atoms with Gasteiger partial charge in [-0.15, -0.1) is 0 Å². The molecular weight excluding hydrogens is 492 g/mol. The molecule has 0 fully saturated rings. The molecule has 5 N–H and O–H groups in total. The molecule has 1 heterocycles. The highest BCUT2D eigenvalue weighted by molar-refractivity contribution is 7.09. The Bertz CT molecular complexity index is 1260. The number of carbonyl (C=O) groups excluding carboxylic acids is 3. The van der Waals surface area contributed by atoms with Crippen LogP contribution < -0.4 is 26.6 Å². The molecule has 0 saturated heterocycles. The summed E-state index contributed by atoms with van der Waals surface area (Å²) in [7, 11) is 5.38. The largest absolute Gasteiger partial charge is 0.395 e. The first-order chi connectivity index (χ1) is 17.7. The van der Waals surface area contributed by atoms with Gasteiger partial charge in [0, 0.05) is 39.1 Å². The van der Waals surface area contributed by atoms with Crippen molar-refractivity contribution >= 4 is 46.3 Å². The molecule has 0 spiro atoms. The average molecular weight is 525 g/mol. The summed E-state index contributed by atoms with van der Waals surface area (Å²) in [6.07, 6.45) is 0.613. The third-order valence-electron chi connectivity index (χ3n) is 5.84. The van der Waals surface area contributed by atoms with Crippen LogP contribution in [0.25, 0.3) is 0 Å². The summed E-state index contributed by atoms with van der Waals surface area (Å²) in [5.41, 5.74) is 14.2. The molecule has 3 aromatic rings. The molecule has 11 heteroatoms. The van der Waals surface area contributed by atoms with Crippen LogP contribution >= 0.6 is 11.5 Å². The molecule has 0 saturated carbocycles. The molecule has 0 aliphatic heterocycles. The van der Waals surface area contributed by atoms with Gasteiger partial charge in [0.05, 0.1) is 12.3 Å². The van der Waals surface area contributed by atoms with Crippen molar-refractivity contribution in [2.75, 3.05) is 49.9 Å². The SMILES string of the molecule is CCc1ccccc1N(C(=O)c1snc(C(N)=O)c1N)[C@@H](C(=O)NCCOC)c1ccc(N(C)C)cc1. The number of rotatable bonds is 11. The second kappa shape index (κ2) is 12.3. The number of hydrogen-bond acceptors (Lipinski definition) is 8. The van der Waals surface area contributed by atoms with Gasteiger partial charge in [-0.25, -0.2) is 0 Å². The van der Waals surface area contributed by atoms with E-state index in [1.165, 1.54) is 4.90 Å². The van der Waals surface area contributed by atoms with Crippen LogP contribution in [-0.2, 0) is 16.0 Å². The number of aryl methyl sites for hydroxylation is 1. The van der Waals surface area contributed by atoms with E-state index >= 15 is 0 Å². The number of anilines is 3. The van der Waals surface area contributed by atoms with E-state index in [0.717, 1.165) is 22.8 Å². The minimum absolute atomic E-state index is 0.0271. The summed E-state index contributed by atoms with van der Waals surface area (Å²) < 4.78 is 9.09. The van der Waals surface area contributed by atoms with Gasteiger partial charge in [-0.3, -0.25) is 19.3 Å². The quantitative estimate of drug-likeness (QED) is 0.327. The highest BCUT2D eigenvalue weighted by Crippen LogP contribution is 2.35. The summed E-state index contributed by atoms with van der Waals surface area (Å²) in [4.78, 5) is 43.0. The molecule has 1 aromatic heterocycles. The molecular formula is C26H32N6O4S. The number of methoxy groups -OCH3 is 1. The third-order valence-corrected chi connectivity index (χ3v) is 6.69. The minimum Gasteiger partial charge on any atom is -0.395 e. The number of aromatic nitrogens is 1. The number of nitrogen functional groups attached to an aromatic ring is 1. The average Bonchev–Trinajstić information content (AvgIpc) is 3.28. The topological polar surface area (TPSA) is 144 Å². The molecule has 2 aromatic carbocycles. The number of nitrogens with two attached hydrogens (primary N) is 2. The predicted octanol–water partition coefficient (Wildman–Crippen LogP) is 2.60. The van der Waals surface area contributed by atoms with Gasteiger partial charge < -0.3 is 26.4 Å². The monoisotopic (exact) mass is 524 g/mol. The van der Waals surface area contributed by atoms with E-state index in [9.17, 15) is 14.4 Å². The number of nitrogens with one attached hydrogen (secondary N) is 1. The van der Waals surface area contributed by atoms with Crippen molar-refractivity contribution in [2.24, 2.45) is 5.73 Å². The fraction of sp³-hybridized carbons (Fsp3) is 0.308. The van der Waals surface area contributed by atoms with Crippen LogP contribution in [0.15, 0.2) is 48.5 Å². The van der Waals surface area contributed by atoms with E-state index in [0.29, 0.717) is 24.3 Å². The van der Waals surface area contributed by atoms with Gasteiger partial charge in [0.1, 0.15) is 10.9 Å². The van der Waals surface area contributed by atoms with Crippen molar-refractivity contribution in [3.8, 4) is 0 Å². The maximum absolute atomic E-state index is 14.1. The maximum atomic E-state index is 14.1. The van der Waals surface area contributed by atoms with E-state index in [-0.39, 0.29) is 22.8 Å². The van der Waals surface area contributed by atoms with Crippen molar-refractivity contribution < 1.29 is 19.1 Å². The highest BCUT2D eigenvalue weighted by atomic mass is 32.1. The lowest BCUT2D eigenvalue weighted by molar-refractivity contribution is -0.122. The van der Waals surface area contributed by atoms with Crippen molar-refractivity contribution in [3.05, 3.63) is 70.2 Å². The summed E-state index contributed by atoms with van der Waals surface area (Å²) in [6, 6.07) is 13.7. The van der Waals surface area contributed by atoms with Gasteiger partial charge in [-0.2, -0.15) is 4.37 Å². The van der Waals surface area contributed by atoms with Gasteiger partial charge in [-0.05, 0) is 47.3 Å². The van der Waals surface area contributed by atoms with Gasteiger partial charge in [-0.1, -0.05) is 37.3 Å². The molecule has 0 radical (unpaired) electrons. The normalized spacial score (nSPS) is 11.6. The summed E-state index contributed by atoms with van der Waals surface area (Å²) in [6.45, 7) is 2.53. The van der Waals surface area contributed by atoms with Crippen LogP contribution in [0.1, 0.15) is 44.3 Å². The van der Waals surface area contributed by atoms with E-state index in [4.69, 9.17) is 16.2 Å². The first-order valence-electron chi connectivity index (χ1n) is 11.7. The van der Waals surface area contributed by atoms with Crippen LogP contribution in [-0.4, -0.2) is 56.5 Å². The molecule has 37 heavy (non-hydrogen) atoms. The van der Waals surface area contributed by atoms with Crippen molar-refractivity contribution in [3.63, 3.8) is 0 Å². The zero-order valence-corrected chi connectivity index (χ0v) is 22.2. The minimum atomic E-state index is -1.05. The molecule has 3 amide bonds. The zero-order valence-electron chi connectivity index (χ0n) is 21.4. The molecule has 1 atom stereocenters. The van der Waals surface area contributed by atoms with Crippen LogP contribution in [0.2, 0.25) is 0 Å². The Morgan fingerprint density at radius 1 is 1.11 bits per heavy atom. The number of ether oxygens (including phenoxy) is 1. The summed E-state index contributed by atoms with van der Waals surface area (Å²) in [5, 5.41) is 2.87. The number of carbonyl (C=O) groups is 3. The van der Waals surface area contributed by atoms with Gasteiger partial charge in [0.15, 0.2) is 5.69 Å². The third kappa shape index (κ3) is 6.07. The molecule has 10 nitrogen and oxygen atoms in total. The van der Waals surface area contributed by atoms with Crippen LogP contribution in [0.4, 0.5) is 17.1 Å². The van der Waals surface area contributed by atoms with Crippen molar-refractivity contribution in [1.82, 2.24) is 9.69 Å². The Morgan fingerprint density at radius 2 is 1.78 bits per heavy atom. The molecule has 0 bridgehead atoms. The predicted molar refractivity (Wildman–Crippen MR) is 146 cm³/mol. The van der Waals surface area contributed by atoms with Gasteiger partial charge in [0.2, 0.25) is 5.91 Å².